The topological polar surface area (TPSA) is 93.1 Å². The van der Waals surface area contributed by atoms with E-state index in [1.807, 2.05) is 0 Å². The fourth-order valence-corrected chi connectivity index (χ4v) is 1.75. The summed E-state index contributed by atoms with van der Waals surface area (Å²) in [6, 6.07) is 0. The third-order valence-corrected chi connectivity index (χ3v) is 3.10. The lowest BCUT2D eigenvalue weighted by Gasteiger charge is -2.27. The molecule has 0 aliphatic rings. The normalized spacial score (nSPS) is 11.0. The standard InChI is InChI=1S/C17H28O6/c1-13(2)15(19)22-17(21,23-16(20)14(3)4)11-9-7-5-6-8-10-12-18/h18,21H,1,3,5-12H2,2,4H3. The summed E-state index contributed by atoms with van der Waals surface area (Å²) in [5.74, 6) is -3.97. The molecule has 2 N–H and O–H groups in total. The highest BCUT2D eigenvalue weighted by atomic mass is 16.8. The van der Waals surface area contributed by atoms with Gasteiger partial charge >= 0.3 is 17.9 Å². The Balaban J connectivity index is 4.48. The number of esters is 2. The van der Waals surface area contributed by atoms with E-state index in [1.165, 1.54) is 13.8 Å². The molecule has 6 heteroatoms. The van der Waals surface area contributed by atoms with E-state index in [4.69, 9.17) is 14.6 Å². The molecule has 0 aromatic rings. The molecule has 0 unspecified atom stereocenters. The van der Waals surface area contributed by atoms with Gasteiger partial charge in [0.15, 0.2) is 0 Å². The van der Waals surface area contributed by atoms with Gasteiger partial charge in [-0.1, -0.05) is 38.8 Å². The van der Waals surface area contributed by atoms with E-state index >= 15 is 0 Å². The molecule has 0 atom stereocenters. The highest BCUT2D eigenvalue weighted by molar-refractivity contribution is 5.88. The molecular weight excluding hydrogens is 300 g/mol. The van der Waals surface area contributed by atoms with Gasteiger partial charge in [0, 0.05) is 17.8 Å². The van der Waals surface area contributed by atoms with Crippen LogP contribution in [0.3, 0.4) is 0 Å². The van der Waals surface area contributed by atoms with Gasteiger partial charge in [0.1, 0.15) is 0 Å². The number of rotatable bonds is 12. The van der Waals surface area contributed by atoms with E-state index in [0.717, 1.165) is 32.1 Å². The number of carbonyl (C=O) groups is 2. The molecule has 0 aliphatic carbocycles. The van der Waals surface area contributed by atoms with E-state index < -0.39 is 17.9 Å². The zero-order chi connectivity index (χ0) is 17.9. The SMILES string of the molecule is C=C(C)C(=O)OC(O)(CCCCCCCCO)OC(=O)C(=C)C. The zero-order valence-electron chi connectivity index (χ0n) is 14.1. The average molecular weight is 328 g/mol. The molecule has 0 aliphatic heterocycles. The molecule has 0 rings (SSSR count). The maximum atomic E-state index is 11.6. The van der Waals surface area contributed by atoms with Crippen LogP contribution in [0.15, 0.2) is 24.3 Å². The lowest BCUT2D eigenvalue weighted by molar-refractivity contribution is -0.325. The van der Waals surface area contributed by atoms with Crippen molar-refractivity contribution in [1.29, 1.82) is 0 Å². The number of unbranched alkanes of at least 4 members (excludes halogenated alkanes) is 5. The second-order valence-corrected chi connectivity index (χ2v) is 5.65. The fraction of sp³-hybridized carbons (Fsp3) is 0.647. The number of aliphatic hydroxyl groups is 2. The van der Waals surface area contributed by atoms with Gasteiger partial charge in [0.2, 0.25) is 0 Å². The zero-order valence-corrected chi connectivity index (χ0v) is 14.1. The predicted molar refractivity (Wildman–Crippen MR) is 86.2 cm³/mol. The molecule has 0 aromatic heterocycles. The summed E-state index contributed by atoms with van der Waals surface area (Å²) in [6.07, 6.45) is 4.87. The molecule has 0 saturated heterocycles. The largest absolute Gasteiger partial charge is 0.396 e. The van der Waals surface area contributed by atoms with Crippen molar-refractivity contribution in [3.05, 3.63) is 24.3 Å². The summed E-state index contributed by atoms with van der Waals surface area (Å²) in [7, 11) is 0. The highest BCUT2D eigenvalue weighted by Gasteiger charge is 2.36. The lowest BCUT2D eigenvalue weighted by Crippen LogP contribution is -2.40. The molecule has 0 spiro atoms. The van der Waals surface area contributed by atoms with Crippen LogP contribution in [-0.2, 0) is 19.1 Å². The van der Waals surface area contributed by atoms with E-state index in [2.05, 4.69) is 13.2 Å². The van der Waals surface area contributed by atoms with Gasteiger partial charge in [-0.2, -0.15) is 0 Å². The molecule has 0 saturated carbocycles. The van der Waals surface area contributed by atoms with E-state index in [0.29, 0.717) is 6.42 Å². The molecule has 0 radical (unpaired) electrons. The van der Waals surface area contributed by atoms with Gasteiger partial charge in [0.05, 0.1) is 6.42 Å². The van der Waals surface area contributed by atoms with Crippen molar-refractivity contribution in [3.8, 4) is 0 Å². The van der Waals surface area contributed by atoms with Crippen LogP contribution in [-0.4, -0.2) is 34.7 Å². The fourth-order valence-electron chi connectivity index (χ4n) is 1.75. The van der Waals surface area contributed by atoms with Crippen molar-refractivity contribution in [1.82, 2.24) is 0 Å². The first-order chi connectivity index (χ1) is 10.7. The molecule has 23 heavy (non-hydrogen) atoms. The minimum Gasteiger partial charge on any atom is -0.396 e. The quantitative estimate of drug-likeness (QED) is 0.247. The summed E-state index contributed by atoms with van der Waals surface area (Å²) < 4.78 is 9.73. The first kappa shape index (κ1) is 21.3. The number of carbonyl (C=O) groups excluding carboxylic acids is 2. The Hall–Kier alpha value is -1.66. The number of hydrogen-bond donors (Lipinski definition) is 2. The van der Waals surface area contributed by atoms with Crippen LogP contribution >= 0.6 is 0 Å². The van der Waals surface area contributed by atoms with Crippen molar-refractivity contribution in [2.24, 2.45) is 0 Å². The predicted octanol–water partition coefficient (Wildman–Crippen LogP) is 2.59. The monoisotopic (exact) mass is 328 g/mol. The van der Waals surface area contributed by atoms with Crippen LogP contribution in [0.2, 0.25) is 0 Å². The Kier molecular flexibility index (Phi) is 10.2. The number of aliphatic hydroxyl groups excluding tert-OH is 1. The Labute approximate surface area is 137 Å². The summed E-state index contributed by atoms with van der Waals surface area (Å²) in [6.45, 7) is 9.91. The van der Waals surface area contributed by atoms with Crippen LogP contribution in [0, 0.1) is 0 Å². The third-order valence-electron chi connectivity index (χ3n) is 3.10. The molecular formula is C17H28O6. The van der Waals surface area contributed by atoms with E-state index in [9.17, 15) is 14.7 Å². The van der Waals surface area contributed by atoms with Crippen LogP contribution in [0.1, 0.15) is 58.8 Å². The Morgan fingerprint density at radius 2 is 1.26 bits per heavy atom. The van der Waals surface area contributed by atoms with Crippen LogP contribution < -0.4 is 0 Å². The summed E-state index contributed by atoms with van der Waals surface area (Å²) in [5, 5.41) is 19.0. The van der Waals surface area contributed by atoms with Crippen molar-refractivity contribution < 1.29 is 29.3 Å². The minimum atomic E-state index is -2.31. The third kappa shape index (κ3) is 9.86. The van der Waals surface area contributed by atoms with Crippen molar-refractivity contribution in [2.45, 2.75) is 64.8 Å². The van der Waals surface area contributed by atoms with Crippen LogP contribution in [0.4, 0.5) is 0 Å². The Morgan fingerprint density at radius 1 is 0.870 bits per heavy atom. The van der Waals surface area contributed by atoms with Gasteiger partial charge < -0.3 is 19.7 Å². The molecule has 0 aromatic carbocycles. The highest BCUT2D eigenvalue weighted by Crippen LogP contribution is 2.22. The van der Waals surface area contributed by atoms with Crippen LogP contribution in [0.5, 0.6) is 0 Å². The first-order valence-corrected chi connectivity index (χ1v) is 7.83. The maximum Gasteiger partial charge on any atom is 0.373 e. The molecule has 0 fully saturated rings. The summed E-state index contributed by atoms with van der Waals surface area (Å²) in [4.78, 5) is 23.2. The molecule has 0 bridgehead atoms. The lowest BCUT2D eigenvalue weighted by atomic mass is 10.1. The molecule has 0 amide bonds. The van der Waals surface area contributed by atoms with Crippen molar-refractivity contribution in [2.75, 3.05) is 6.61 Å². The smallest absolute Gasteiger partial charge is 0.373 e. The molecule has 132 valence electrons. The van der Waals surface area contributed by atoms with Crippen LogP contribution in [0.25, 0.3) is 0 Å². The first-order valence-electron chi connectivity index (χ1n) is 7.83. The van der Waals surface area contributed by atoms with Gasteiger partial charge in [-0.3, -0.25) is 0 Å². The second-order valence-electron chi connectivity index (χ2n) is 5.65. The van der Waals surface area contributed by atoms with E-state index in [-0.39, 0.29) is 24.2 Å². The number of ether oxygens (including phenoxy) is 2. The maximum absolute atomic E-state index is 11.6. The van der Waals surface area contributed by atoms with Gasteiger partial charge in [-0.05, 0) is 26.7 Å². The second kappa shape index (κ2) is 11.0. The Bertz CT molecular complexity index is 399. The van der Waals surface area contributed by atoms with Gasteiger partial charge in [-0.25, -0.2) is 9.59 Å². The molecule has 0 heterocycles. The van der Waals surface area contributed by atoms with Crippen molar-refractivity contribution in [3.63, 3.8) is 0 Å². The molecule has 6 nitrogen and oxygen atoms in total. The summed E-state index contributed by atoms with van der Waals surface area (Å²) >= 11 is 0. The average Bonchev–Trinajstić information content (AvgIpc) is 2.45. The summed E-state index contributed by atoms with van der Waals surface area (Å²) in [5.41, 5.74) is 0.192. The minimum absolute atomic E-state index is 0.0228. The van der Waals surface area contributed by atoms with Gasteiger partial charge in [0.25, 0.3) is 0 Å². The van der Waals surface area contributed by atoms with Crippen molar-refractivity contribution >= 4 is 11.9 Å². The van der Waals surface area contributed by atoms with Gasteiger partial charge in [-0.15, -0.1) is 0 Å². The Morgan fingerprint density at radius 3 is 1.65 bits per heavy atom. The van der Waals surface area contributed by atoms with E-state index in [1.54, 1.807) is 0 Å². The number of hydrogen-bond acceptors (Lipinski definition) is 6.